The van der Waals surface area contributed by atoms with Gasteiger partial charge in [-0.2, -0.15) is 0 Å². The molecule has 9 rings (SSSR count). The van der Waals surface area contributed by atoms with E-state index in [0.29, 0.717) is 5.56 Å². The molecule has 3 heteroatoms. The third-order valence-corrected chi connectivity index (χ3v) is 10.8. The predicted molar refractivity (Wildman–Crippen MR) is 178 cm³/mol. The summed E-state index contributed by atoms with van der Waals surface area (Å²) >= 11 is 3.61. The topological polar surface area (TPSA) is 17.1 Å². The van der Waals surface area contributed by atoms with Gasteiger partial charge in [-0.3, -0.25) is 4.79 Å². The van der Waals surface area contributed by atoms with Crippen LogP contribution in [0.4, 0.5) is 0 Å². The number of allylic oxidation sites excluding steroid dienone is 2. The van der Waals surface area contributed by atoms with E-state index in [1.54, 1.807) is 11.3 Å². The molecule has 0 bridgehead atoms. The van der Waals surface area contributed by atoms with Crippen molar-refractivity contribution >= 4 is 59.8 Å². The fourth-order valence-corrected chi connectivity index (χ4v) is 9.18. The molecule has 1 nitrogen and oxygen atoms in total. The van der Waals surface area contributed by atoms with Gasteiger partial charge in [0.25, 0.3) is 0 Å². The molecule has 196 valence electrons. The first kappa shape index (κ1) is 23.8. The van der Waals surface area contributed by atoms with E-state index in [4.69, 9.17) is 0 Å². The summed E-state index contributed by atoms with van der Waals surface area (Å²) in [4.78, 5) is 17.1. The third kappa shape index (κ3) is 3.32. The van der Waals surface area contributed by atoms with Crippen molar-refractivity contribution in [3.63, 3.8) is 0 Å². The molecule has 5 aromatic carbocycles. The van der Waals surface area contributed by atoms with Gasteiger partial charge in [0.15, 0.2) is 5.78 Å². The standard InChI is InChI=1S/C39H22OS2/c40-37(23-12-2-1-3-13-23)31(36-27-17-7-6-16-26(27)35-29-19-9-11-21-33(29)42-39(35)36)22-30-24-14-4-5-15-25(24)34-28-18-8-10-20-32(28)41-38(30)34/h1-22H/b30-22-,36-31+. The molecule has 2 aromatic heterocycles. The van der Waals surface area contributed by atoms with Crippen molar-refractivity contribution in [3.05, 3.63) is 165 Å². The van der Waals surface area contributed by atoms with Gasteiger partial charge in [-0.15, -0.1) is 22.7 Å². The zero-order valence-corrected chi connectivity index (χ0v) is 24.1. The summed E-state index contributed by atoms with van der Waals surface area (Å²) in [6.45, 7) is 0. The first-order chi connectivity index (χ1) is 20.8. The van der Waals surface area contributed by atoms with E-state index in [1.165, 1.54) is 57.7 Å². The van der Waals surface area contributed by atoms with Crippen LogP contribution in [0.1, 0.15) is 31.2 Å². The number of thiophene rings is 2. The Balaban J connectivity index is 1.41. The van der Waals surface area contributed by atoms with Crippen molar-refractivity contribution in [1.82, 2.24) is 0 Å². The molecule has 0 aliphatic heterocycles. The molecule has 0 spiro atoms. The van der Waals surface area contributed by atoms with Crippen LogP contribution in [0.15, 0.2) is 139 Å². The number of Topliss-reactive ketones (excluding diaryl/α,β-unsaturated/α-hetero) is 1. The Morgan fingerprint density at radius 2 is 1.00 bits per heavy atom. The highest BCUT2D eigenvalue weighted by Gasteiger charge is 2.34. The minimum absolute atomic E-state index is 0.0465. The maximum Gasteiger partial charge on any atom is 0.193 e. The van der Waals surface area contributed by atoms with Crippen molar-refractivity contribution < 1.29 is 4.79 Å². The predicted octanol–water partition coefficient (Wildman–Crippen LogP) is 10.9. The van der Waals surface area contributed by atoms with Gasteiger partial charge in [0.2, 0.25) is 0 Å². The molecule has 2 aliphatic carbocycles. The zero-order valence-electron chi connectivity index (χ0n) is 22.4. The summed E-state index contributed by atoms with van der Waals surface area (Å²) in [6.07, 6.45) is 2.20. The van der Waals surface area contributed by atoms with E-state index in [-0.39, 0.29) is 5.78 Å². The summed E-state index contributed by atoms with van der Waals surface area (Å²) in [7, 11) is 0. The molecule has 0 fully saturated rings. The van der Waals surface area contributed by atoms with Crippen molar-refractivity contribution in [2.75, 3.05) is 0 Å². The average Bonchev–Trinajstić information content (AvgIpc) is 3.77. The van der Waals surface area contributed by atoms with Gasteiger partial charge in [-0.25, -0.2) is 0 Å². The smallest absolute Gasteiger partial charge is 0.193 e. The largest absolute Gasteiger partial charge is 0.289 e. The van der Waals surface area contributed by atoms with Crippen LogP contribution < -0.4 is 0 Å². The lowest BCUT2D eigenvalue weighted by atomic mass is 9.92. The molecule has 2 heterocycles. The number of fused-ring (bicyclic) bond motifs is 10. The second kappa shape index (κ2) is 9.09. The maximum absolute atomic E-state index is 14.7. The second-order valence-electron chi connectivity index (χ2n) is 10.7. The number of benzene rings is 5. The Labute approximate surface area is 251 Å². The van der Waals surface area contributed by atoms with Crippen LogP contribution in [0.5, 0.6) is 0 Å². The molecule has 42 heavy (non-hydrogen) atoms. The van der Waals surface area contributed by atoms with Crippen LogP contribution in [-0.2, 0) is 0 Å². The summed E-state index contributed by atoms with van der Waals surface area (Å²) in [5.74, 6) is 0.0465. The monoisotopic (exact) mass is 570 g/mol. The van der Waals surface area contributed by atoms with Crippen molar-refractivity contribution in [1.29, 1.82) is 0 Å². The highest BCUT2D eigenvalue weighted by molar-refractivity contribution is 7.21. The van der Waals surface area contributed by atoms with Gasteiger partial charge in [-0.1, -0.05) is 115 Å². The van der Waals surface area contributed by atoms with Crippen molar-refractivity contribution in [2.45, 2.75) is 0 Å². The number of hydrogen-bond acceptors (Lipinski definition) is 3. The fourth-order valence-electron chi connectivity index (χ4n) is 6.64. The fraction of sp³-hybridized carbons (Fsp3) is 0. The van der Waals surface area contributed by atoms with Crippen LogP contribution in [-0.4, -0.2) is 5.78 Å². The Bertz CT molecular complexity index is 2310. The van der Waals surface area contributed by atoms with Gasteiger partial charge < -0.3 is 0 Å². The van der Waals surface area contributed by atoms with Crippen LogP contribution >= 0.6 is 22.7 Å². The highest BCUT2D eigenvalue weighted by atomic mass is 32.1. The van der Waals surface area contributed by atoms with E-state index >= 15 is 0 Å². The Hall–Kier alpha value is -4.83. The lowest BCUT2D eigenvalue weighted by Crippen LogP contribution is -2.05. The number of carbonyl (C=O) groups is 1. The zero-order chi connectivity index (χ0) is 27.8. The molecule has 0 amide bonds. The first-order valence-corrected chi connectivity index (χ1v) is 15.7. The van der Waals surface area contributed by atoms with Crippen LogP contribution in [0.3, 0.4) is 0 Å². The molecule has 7 aromatic rings. The van der Waals surface area contributed by atoms with Crippen LogP contribution in [0.2, 0.25) is 0 Å². The SMILES string of the molecule is O=C(C(/C=C1/c2ccccc2-c2c1sc1ccccc21)=C1\c2ccccc2-c2c1sc1ccccc21)c1ccccc1. The number of rotatable bonds is 3. The highest BCUT2D eigenvalue weighted by Crippen LogP contribution is 2.55. The third-order valence-electron chi connectivity index (χ3n) is 8.45. The summed E-state index contributed by atoms with van der Waals surface area (Å²) in [6, 6.07) is 44.2. The van der Waals surface area contributed by atoms with E-state index in [1.807, 2.05) is 41.7 Å². The number of carbonyl (C=O) groups excluding carboxylic acids is 1. The average molecular weight is 571 g/mol. The lowest BCUT2D eigenvalue weighted by Gasteiger charge is -2.12. The quantitative estimate of drug-likeness (QED) is 0.153. The minimum atomic E-state index is 0.0465. The molecular weight excluding hydrogens is 549 g/mol. The van der Waals surface area contributed by atoms with Gasteiger partial charge in [0.05, 0.1) is 0 Å². The summed E-state index contributed by atoms with van der Waals surface area (Å²) < 4.78 is 2.51. The Morgan fingerprint density at radius 1 is 0.500 bits per heavy atom. The summed E-state index contributed by atoms with van der Waals surface area (Å²) in [5, 5.41) is 2.52. The van der Waals surface area contributed by atoms with E-state index in [0.717, 1.165) is 22.3 Å². The van der Waals surface area contributed by atoms with E-state index in [2.05, 4.69) is 103 Å². The van der Waals surface area contributed by atoms with E-state index < -0.39 is 0 Å². The Morgan fingerprint density at radius 3 is 1.69 bits per heavy atom. The summed E-state index contributed by atoms with van der Waals surface area (Å²) in [5.41, 5.74) is 10.9. The Kier molecular flexibility index (Phi) is 5.16. The van der Waals surface area contributed by atoms with Crippen LogP contribution in [0, 0.1) is 0 Å². The van der Waals surface area contributed by atoms with E-state index in [9.17, 15) is 4.79 Å². The number of ketones is 1. The van der Waals surface area contributed by atoms with Gasteiger partial charge in [-0.05, 0) is 40.5 Å². The molecule has 0 atom stereocenters. The second-order valence-corrected chi connectivity index (χ2v) is 12.8. The molecule has 0 N–H and O–H groups in total. The molecule has 0 saturated heterocycles. The van der Waals surface area contributed by atoms with Crippen molar-refractivity contribution in [3.8, 4) is 22.3 Å². The molecule has 0 radical (unpaired) electrons. The van der Waals surface area contributed by atoms with Gasteiger partial charge in [0, 0.05) is 63.3 Å². The molecule has 2 aliphatic rings. The van der Waals surface area contributed by atoms with Crippen molar-refractivity contribution in [2.24, 2.45) is 0 Å². The number of hydrogen-bond donors (Lipinski definition) is 0. The molecule has 0 saturated carbocycles. The van der Waals surface area contributed by atoms with Gasteiger partial charge >= 0.3 is 0 Å². The first-order valence-electron chi connectivity index (χ1n) is 14.1. The molecule has 0 unspecified atom stereocenters. The normalized spacial score (nSPS) is 15.1. The van der Waals surface area contributed by atoms with Gasteiger partial charge in [0.1, 0.15) is 0 Å². The molecular formula is C39H22OS2. The van der Waals surface area contributed by atoms with Crippen LogP contribution in [0.25, 0.3) is 53.6 Å². The lowest BCUT2D eigenvalue weighted by molar-refractivity contribution is 0.103. The maximum atomic E-state index is 14.7. The minimum Gasteiger partial charge on any atom is -0.289 e.